The molecular weight excluding hydrogens is 244 g/mol. The molecular formula is C14H26N2OS. The van der Waals surface area contributed by atoms with Gasteiger partial charge in [0.1, 0.15) is 0 Å². The van der Waals surface area contributed by atoms with Crippen LogP contribution in [0.2, 0.25) is 0 Å². The van der Waals surface area contributed by atoms with E-state index in [0.717, 1.165) is 6.42 Å². The first-order valence-electron chi connectivity index (χ1n) is 6.92. The molecule has 3 unspecified atom stereocenters. The maximum Gasteiger partial charge on any atom is 0.232 e. The number of carbonyl (C=O) groups is 1. The number of rotatable bonds is 4. The van der Waals surface area contributed by atoms with E-state index in [4.69, 9.17) is 18.0 Å². The lowest BCUT2D eigenvalue weighted by atomic mass is 9.84. The molecule has 0 bridgehead atoms. The largest absolute Gasteiger partial charge is 0.393 e. The van der Waals surface area contributed by atoms with Crippen LogP contribution < -0.4 is 5.73 Å². The smallest absolute Gasteiger partial charge is 0.232 e. The maximum absolute atomic E-state index is 12.5. The number of hydrogen-bond donors (Lipinski definition) is 1. The van der Waals surface area contributed by atoms with Crippen molar-refractivity contribution in [3.05, 3.63) is 0 Å². The van der Waals surface area contributed by atoms with Crippen LogP contribution in [0.4, 0.5) is 0 Å². The SMILES string of the molecule is CC(C)C(C(=O)N(C)C1CCCCC1C)C(N)=S. The molecule has 1 amide bonds. The van der Waals surface area contributed by atoms with Gasteiger partial charge in [-0.3, -0.25) is 4.79 Å². The molecule has 4 heteroatoms. The van der Waals surface area contributed by atoms with Gasteiger partial charge in [0, 0.05) is 13.1 Å². The van der Waals surface area contributed by atoms with E-state index in [-0.39, 0.29) is 17.7 Å². The molecule has 0 spiro atoms. The van der Waals surface area contributed by atoms with Crippen LogP contribution in [0.5, 0.6) is 0 Å². The Kier molecular flexibility index (Phi) is 5.57. The summed E-state index contributed by atoms with van der Waals surface area (Å²) in [6, 6.07) is 0.349. The summed E-state index contributed by atoms with van der Waals surface area (Å²) < 4.78 is 0. The van der Waals surface area contributed by atoms with Crippen LogP contribution in [0.25, 0.3) is 0 Å². The van der Waals surface area contributed by atoms with Gasteiger partial charge in [-0.2, -0.15) is 0 Å². The third-order valence-corrected chi connectivity index (χ3v) is 4.40. The van der Waals surface area contributed by atoms with E-state index in [1.807, 2.05) is 25.8 Å². The van der Waals surface area contributed by atoms with Gasteiger partial charge in [0.05, 0.1) is 10.9 Å². The Labute approximate surface area is 116 Å². The van der Waals surface area contributed by atoms with Crippen molar-refractivity contribution in [3.63, 3.8) is 0 Å². The predicted octanol–water partition coefficient (Wildman–Crippen LogP) is 2.58. The van der Waals surface area contributed by atoms with Crippen molar-refractivity contribution in [1.82, 2.24) is 4.90 Å². The van der Waals surface area contributed by atoms with Crippen molar-refractivity contribution in [1.29, 1.82) is 0 Å². The van der Waals surface area contributed by atoms with E-state index in [1.165, 1.54) is 19.3 Å². The number of hydrogen-bond acceptors (Lipinski definition) is 2. The monoisotopic (exact) mass is 270 g/mol. The van der Waals surface area contributed by atoms with Gasteiger partial charge in [-0.25, -0.2) is 0 Å². The average molecular weight is 270 g/mol. The summed E-state index contributed by atoms with van der Waals surface area (Å²) >= 11 is 5.05. The highest BCUT2D eigenvalue weighted by Gasteiger charge is 2.33. The number of amides is 1. The highest BCUT2D eigenvalue weighted by atomic mass is 32.1. The van der Waals surface area contributed by atoms with Crippen molar-refractivity contribution in [3.8, 4) is 0 Å². The zero-order chi connectivity index (χ0) is 13.9. The van der Waals surface area contributed by atoms with Gasteiger partial charge in [-0.15, -0.1) is 0 Å². The molecule has 1 fully saturated rings. The summed E-state index contributed by atoms with van der Waals surface area (Å²) in [5.41, 5.74) is 5.72. The molecule has 0 aliphatic heterocycles. The normalized spacial score (nSPS) is 25.8. The van der Waals surface area contributed by atoms with Crippen LogP contribution >= 0.6 is 12.2 Å². The Balaban J connectivity index is 2.78. The number of thiocarbonyl (C=S) groups is 1. The molecule has 0 aromatic heterocycles. The minimum Gasteiger partial charge on any atom is -0.393 e. The summed E-state index contributed by atoms with van der Waals surface area (Å²) in [6.07, 6.45) is 4.81. The van der Waals surface area contributed by atoms with E-state index in [1.54, 1.807) is 0 Å². The highest BCUT2D eigenvalue weighted by molar-refractivity contribution is 7.80. The minimum atomic E-state index is -0.320. The van der Waals surface area contributed by atoms with E-state index in [9.17, 15) is 4.79 Å². The Morgan fingerprint density at radius 2 is 1.89 bits per heavy atom. The first-order chi connectivity index (χ1) is 8.36. The Bertz CT molecular complexity index is 317. The molecule has 2 N–H and O–H groups in total. The molecule has 1 aliphatic rings. The zero-order valence-corrected chi connectivity index (χ0v) is 12.8. The van der Waals surface area contributed by atoms with Gasteiger partial charge in [0.2, 0.25) is 5.91 Å². The topological polar surface area (TPSA) is 46.3 Å². The van der Waals surface area contributed by atoms with Crippen LogP contribution in [0.3, 0.4) is 0 Å². The molecule has 1 aliphatic carbocycles. The lowest BCUT2D eigenvalue weighted by Crippen LogP contribution is -2.49. The molecule has 18 heavy (non-hydrogen) atoms. The van der Waals surface area contributed by atoms with E-state index in [2.05, 4.69) is 6.92 Å². The standard InChI is InChI=1S/C14H26N2OS/c1-9(2)12(13(15)18)14(17)16(4)11-8-6-5-7-10(11)3/h9-12H,5-8H2,1-4H3,(H2,15,18). The van der Waals surface area contributed by atoms with Gasteiger partial charge >= 0.3 is 0 Å². The molecule has 104 valence electrons. The number of nitrogens with two attached hydrogens (primary N) is 1. The van der Waals surface area contributed by atoms with E-state index < -0.39 is 0 Å². The van der Waals surface area contributed by atoms with Crippen LogP contribution in [0, 0.1) is 17.8 Å². The third-order valence-electron chi connectivity index (χ3n) is 4.15. The van der Waals surface area contributed by atoms with E-state index >= 15 is 0 Å². The van der Waals surface area contributed by atoms with Crippen molar-refractivity contribution in [2.45, 2.75) is 52.5 Å². The Morgan fingerprint density at radius 1 is 1.33 bits per heavy atom. The fourth-order valence-electron chi connectivity index (χ4n) is 2.99. The summed E-state index contributed by atoms with van der Waals surface area (Å²) in [5.74, 6) is 0.513. The Morgan fingerprint density at radius 3 is 2.33 bits per heavy atom. The van der Waals surface area contributed by atoms with Gasteiger partial charge in [-0.1, -0.05) is 45.8 Å². The van der Waals surface area contributed by atoms with E-state index in [0.29, 0.717) is 16.9 Å². The molecule has 0 radical (unpaired) electrons. The fourth-order valence-corrected chi connectivity index (χ4v) is 3.36. The van der Waals surface area contributed by atoms with Crippen molar-refractivity contribution >= 4 is 23.1 Å². The summed E-state index contributed by atoms with van der Waals surface area (Å²) in [5, 5.41) is 0. The number of nitrogens with zero attached hydrogens (tertiary/aromatic N) is 1. The number of carbonyl (C=O) groups excluding carboxylic acids is 1. The second-order valence-electron chi connectivity index (χ2n) is 5.90. The second-order valence-corrected chi connectivity index (χ2v) is 6.37. The molecule has 3 atom stereocenters. The average Bonchev–Trinajstić information content (AvgIpc) is 2.27. The van der Waals surface area contributed by atoms with Crippen LogP contribution in [-0.4, -0.2) is 28.9 Å². The summed E-state index contributed by atoms with van der Waals surface area (Å²) in [4.78, 5) is 14.8. The highest BCUT2D eigenvalue weighted by Crippen LogP contribution is 2.29. The van der Waals surface area contributed by atoms with Crippen LogP contribution in [-0.2, 0) is 4.79 Å². The van der Waals surface area contributed by atoms with Crippen molar-refractivity contribution in [2.75, 3.05) is 7.05 Å². The molecule has 3 nitrogen and oxygen atoms in total. The lowest BCUT2D eigenvalue weighted by molar-refractivity contribution is -0.136. The van der Waals surface area contributed by atoms with Crippen molar-refractivity contribution < 1.29 is 4.79 Å². The third kappa shape index (κ3) is 3.44. The Hall–Kier alpha value is -0.640. The van der Waals surface area contributed by atoms with Crippen molar-refractivity contribution in [2.24, 2.45) is 23.5 Å². The fraction of sp³-hybridized carbons (Fsp3) is 0.857. The van der Waals surface area contributed by atoms with Gasteiger partial charge in [0.15, 0.2) is 0 Å². The second kappa shape index (κ2) is 6.50. The molecule has 1 rings (SSSR count). The van der Waals surface area contributed by atoms with Gasteiger partial charge in [-0.05, 0) is 24.7 Å². The summed E-state index contributed by atoms with van der Waals surface area (Å²) in [6.45, 7) is 6.23. The van der Waals surface area contributed by atoms with Crippen LogP contribution in [0.1, 0.15) is 46.5 Å². The maximum atomic E-state index is 12.5. The summed E-state index contributed by atoms with van der Waals surface area (Å²) in [7, 11) is 1.91. The lowest BCUT2D eigenvalue weighted by Gasteiger charge is -2.38. The molecule has 0 heterocycles. The predicted molar refractivity (Wildman–Crippen MR) is 79.3 cm³/mol. The molecule has 0 aromatic rings. The first kappa shape index (κ1) is 15.4. The minimum absolute atomic E-state index is 0.0938. The van der Waals surface area contributed by atoms with Gasteiger partial charge in [0.25, 0.3) is 0 Å². The first-order valence-corrected chi connectivity index (χ1v) is 7.33. The molecule has 0 saturated heterocycles. The molecule has 0 aromatic carbocycles. The quantitative estimate of drug-likeness (QED) is 0.799. The van der Waals surface area contributed by atoms with Gasteiger partial charge < -0.3 is 10.6 Å². The zero-order valence-electron chi connectivity index (χ0n) is 12.0. The van der Waals surface area contributed by atoms with Crippen LogP contribution in [0.15, 0.2) is 0 Å². The molecule has 1 saturated carbocycles.